The summed E-state index contributed by atoms with van der Waals surface area (Å²) in [5.41, 5.74) is 3.20. The lowest BCUT2D eigenvalue weighted by Gasteiger charge is -2.14. The summed E-state index contributed by atoms with van der Waals surface area (Å²) in [6, 6.07) is 29.3. The lowest BCUT2D eigenvalue weighted by atomic mass is 10.2. The second-order valence-electron chi connectivity index (χ2n) is 8.71. The molecule has 8 nitrogen and oxygen atoms in total. The molecular formula is C31H26N4O4. The van der Waals surface area contributed by atoms with Crippen LogP contribution in [-0.4, -0.2) is 35.5 Å². The normalized spacial score (nSPS) is 11.0. The number of nitrogens with one attached hydrogen (secondary N) is 1. The van der Waals surface area contributed by atoms with E-state index in [0.717, 1.165) is 11.1 Å². The lowest BCUT2D eigenvalue weighted by Crippen LogP contribution is -2.21. The number of fused-ring (bicyclic) bond motifs is 1. The molecule has 5 aromatic rings. The Balaban J connectivity index is 1.49. The Morgan fingerprint density at radius 1 is 0.949 bits per heavy atom. The Hall–Kier alpha value is -5.24. The van der Waals surface area contributed by atoms with Gasteiger partial charge in [0.15, 0.2) is 23.9 Å². The number of methoxy groups -OCH3 is 1. The number of benzene rings is 4. The second kappa shape index (κ2) is 11.4. The highest BCUT2D eigenvalue weighted by molar-refractivity contribution is 5.93. The minimum atomic E-state index is -0.320. The van der Waals surface area contributed by atoms with Crippen LogP contribution in [0, 0.1) is 6.92 Å². The van der Waals surface area contributed by atoms with E-state index in [4.69, 9.17) is 14.5 Å². The molecule has 0 bridgehead atoms. The van der Waals surface area contributed by atoms with Crippen LogP contribution in [0.1, 0.15) is 11.1 Å². The quantitative estimate of drug-likeness (QED) is 0.282. The average molecular weight is 519 g/mol. The van der Waals surface area contributed by atoms with Gasteiger partial charge >= 0.3 is 0 Å². The van der Waals surface area contributed by atoms with Gasteiger partial charge in [-0.25, -0.2) is 4.98 Å². The van der Waals surface area contributed by atoms with Crippen molar-refractivity contribution in [1.29, 1.82) is 0 Å². The van der Waals surface area contributed by atoms with E-state index in [0.29, 0.717) is 39.5 Å². The van der Waals surface area contributed by atoms with Gasteiger partial charge in [0.25, 0.3) is 11.5 Å². The summed E-state index contributed by atoms with van der Waals surface area (Å²) in [5, 5.41) is 7.83. The third-order valence-electron chi connectivity index (χ3n) is 6.09. The maximum absolute atomic E-state index is 13.5. The summed E-state index contributed by atoms with van der Waals surface area (Å²) in [6.45, 7) is 1.67. The predicted octanol–water partition coefficient (Wildman–Crippen LogP) is 5.28. The summed E-state index contributed by atoms with van der Waals surface area (Å²) >= 11 is 0. The Labute approximate surface area is 225 Å². The molecule has 0 atom stereocenters. The standard InChI is InChI=1S/C31H26N4O4/c1-21-11-6-8-16-25(21)33-28(36)20-39-29-23(14-10-18-27(29)38-2)19-32-35-30(22-12-4-3-5-13-22)34-26-17-9-7-15-24(26)31(35)37/h3-19H,20H2,1-2H3,(H,33,36). The molecule has 0 fully saturated rings. The highest BCUT2D eigenvalue weighted by atomic mass is 16.5. The average Bonchev–Trinajstić information content (AvgIpc) is 2.97. The molecule has 1 aromatic heterocycles. The summed E-state index contributed by atoms with van der Waals surface area (Å²) in [6.07, 6.45) is 1.50. The van der Waals surface area contributed by atoms with E-state index in [1.807, 2.05) is 67.6 Å². The van der Waals surface area contributed by atoms with E-state index in [-0.39, 0.29) is 18.1 Å². The molecule has 0 saturated carbocycles. The number of hydrogen-bond donors (Lipinski definition) is 1. The fourth-order valence-corrected chi connectivity index (χ4v) is 4.11. The number of ether oxygens (including phenoxy) is 2. The summed E-state index contributed by atoms with van der Waals surface area (Å²) in [7, 11) is 1.52. The molecule has 0 aliphatic rings. The van der Waals surface area contributed by atoms with Crippen molar-refractivity contribution in [3.63, 3.8) is 0 Å². The van der Waals surface area contributed by atoms with Gasteiger partial charge in [0.05, 0.1) is 24.2 Å². The number of aromatic nitrogens is 2. The molecule has 0 unspecified atom stereocenters. The fraction of sp³-hybridized carbons (Fsp3) is 0.0968. The third kappa shape index (κ3) is 5.55. The number of nitrogens with zero attached hydrogens (tertiary/aromatic N) is 3. The smallest absolute Gasteiger partial charge is 0.282 e. The van der Waals surface area contributed by atoms with Crippen molar-refractivity contribution in [3.8, 4) is 22.9 Å². The topological polar surface area (TPSA) is 94.8 Å². The molecule has 0 saturated heterocycles. The van der Waals surface area contributed by atoms with E-state index in [1.165, 1.54) is 18.0 Å². The minimum absolute atomic E-state index is 0.248. The number of anilines is 1. The number of aryl methyl sites for hydroxylation is 1. The monoisotopic (exact) mass is 518 g/mol. The van der Waals surface area contributed by atoms with Crippen LogP contribution in [0.5, 0.6) is 11.5 Å². The van der Waals surface area contributed by atoms with Crippen LogP contribution in [-0.2, 0) is 4.79 Å². The SMILES string of the molecule is COc1cccc(C=Nn2c(-c3ccccc3)nc3ccccc3c2=O)c1OCC(=O)Nc1ccccc1C. The van der Waals surface area contributed by atoms with Gasteiger partial charge in [-0.1, -0.05) is 66.7 Å². The third-order valence-corrected chi connectivity index (χ3v) is 6.09. The molecule has 1 N–H and O–H groups in total. The molecule has 0 aliphatic heterocycles. The maximum atomic E-state index is 13.5. The van der Waals surface area contributed by atoms with Gasteiger partial charge in [-0.05, 0) is 42.8 Å². The van der Waals surface area contributed by atoms with Crippen molar-refractivity contribution in [2.45, 2.75) is 6.92 Å². The van der Waals surface area contributed by atoms with Crippen LogP contribution < -0.4 is 20.3 Å². The van der Waals surface area contributed by atoms with Gasteiger partial charge in [-0.3, -0.25) is 9.59 Å². The molecule has 0 aliphatic carbocycles. The van der Waals surface area contributed by atoms with Crippen molar-refractivity contribution in [2.75, 3.05) is 19.0 Å². The largest absolute Gasteiger partial charge is 0.493 e. The van der Waals surface area contributed by atoms with E-state index >= 15 is 0 Å². The molecule has 4 aromatic carbocycles. The summed E-state index contributed by atoms with van der Waals surface area (Å²) in [5.74, 6) is 0.833. The number of carbonyl (C=O) groups is 1. The number of rotatable bonds is 8. The van der Waals surface area contributed by atoms with Gasteiger partial charge in [-0.15, -0.1) is 0 Å². The van der Waals surface area contributed by atoms with Crippen molar-refractivity contribution in [1.82, 2.24) is 9.66 Å². The number of hydrogen-bond acceptors (Lipinski definition) is 6. The number of para-hydroxylation sites is 3. The van der Waals surface area contributed by atoms with Crippen molar-refractivity contribution in [2.24, 2.45) is 5.10 Å². The lowest BCUT2D eigenvalue weighted by molar-refractivity contribution is -0.118. The Morgan fingerprint density at radius 3 is 2.49 bits per heavy atom. The molecule has 1 amide bonds. The Bertz CT molecular complexity index is 1730. The van der Waals surface area contributed by atoms with Gasteiger partial charge in [0.1, 0.15) is 0 Å². The predicted molar refractivity (Wildman–Crippen MR) is 153 cm³/mol. The van der Waals surface area contributed by atoms with Crippen LogP contribution >= 0.6 is 0 Å². The van der Waals surface area contributed by atoms with E-state index in [9.17, 15) is 9.59 Å². The van der Waals surface area contributed by atoms with Gasteiger partial charge in [-0.2, -0.15) is 9.78 Å². The zero-order chi connectivity index (χ0) is 27.2. The minimum Gasteiger partial charge on any atom is -0.493 e. The van der Waals surface area contributed by atoms with Crippen molar-refractivity contribution >= 4 is 28.7 Å². The van der Waals surface area contributed by atoms with Crippen molar-refractivity contribution in [3.05, 3.63) is 119 Å². The van der Waals surface area contributed by atoms with E-state index < -0.39 is 0 Å². The van der Waals surface area contributed by atoms with Crippen LogP contribution in [0.15, 0.2) is 107 Å². The maximum Gasteiger partial charge on any atom is 0.282 e. The van der Waals surface area contributed by atoms with Gasteiger partial charge in [0.2, 0.25) is 0 Å². The Kier molecular flexibility index (Phi) is 7.45. The van der Waals surface area contributed by atoms with E-state index in [2.05, 4.69) is 10.4 Å². The highest BCUT2D eigenvalue weighted by Gasteiger charge is 2.15. The van der Waals surface area contributed by atoms with Crippen LogP contribution in [0.3, 0.4) is 0 Å². The molecule has 1 heterocycles. The number of amides is 1. The number of carbonyl (C=O) groups excluding carboxylic acids is 1. The summed E-state index contributed by atoms with van der Waals surface area (Å²) in [4.78, 5) is 30.8. The van der Waals surface area contributed by atoms with Crippen LogP contribution in [0.25, 0.3) is 22.3 Å². The first-order valence-corrected chi connectivity index (χ1v) is 12.3. The van der Waals surface area contributed by atoms with Gasteiger partial charge in [0, 0.05) is 16.8 Å². The van der Waals surface area contributed by atoms with Crippen LogP contribution in [0.2, 0.25) is 0 Å². The first-order valence-electron chi connectivity index (χ1n) is 12.3. The van der Waals surface area contributed by atoms with E-state index in [1.54, 1.807) is 36.4 Å². The molecular weight excluding hydrogens is 492 g/mol. The fourth-order valence-electron chi connectivity index (χ4n) is 4.11. The second-order valence-corrected chi connectivity index (χ2v) is 8.71. The summed E-state index contributed by atoms with van der Waals surface area (Å²) < 4.78 is 12.7. The molecule has 5 rings (SSSR count). The van der Waals surface area contributed by atoms with Crippen molar-refractivity contribution < 1.29 is 14.3 Å². The zero-order valence-electron chi connectivity index (χ0n) is 21.5. The highest BCUT2D eigenvalue weighted by Crippen LogP contribution is 2.30. The first-order chi connectivity index (χ1) is 19.0. The Morgan fingerprint density at radius 2 is 1.69 bits per heavy atom. The molecule has 0 radical (unpaired) electrons. The molecule has 194 valence electrons. The molecule has 0 spiro atoms. The first kappa shape index (κ1) is 25.4. The zero-order valence-corrected chi connectivity index (χ0v) is 21.5. The van der Waals surface area contributed by atoms with Gasteiger partial charge < -0.3 is 14.8 Å². The molecule has 39 heavy (non-hydrogen) atoms. The van der Waals surface area contributed by atoms with Crippen LogP contribution in [0.4, 0.5) is 5.69 Å². The molecule has 8 heteroatoms.